The first kappa shape index (κ1) is 14.1. The van der Waals surface area contributed by atoms with Crippen LogP contribution in [0.3, 0.4) is 0 Å². The van der Waals surface area contributed by atoms with Crippen LogP contribution in [0.15, 0.2) is 18.5 Å². The van der Waals surface area contributed by atoms with Gasteiger partial charge in [-0.1, -0.05) is 12.8 Å². The SMILES string of the molecule is O=C(O)[C@@H]1C[C@@H]2CCCC[C@@H]2N1C(=O)CCn1cccn1. The standard InChI is InChI=1S/C15H21N3O3/c19-14(6-9-17-8-3-7-16-17)18-12-5-2-1-4-11(12)10-13(18)15(20)21/h3,7-8,11-13H,1-2,4-6,9-10H2,(H,20,21)/t11-,12-,13-/m0/s1. The molecule has 1 aliphatic heterocycles. The molecule has 1 aromatic rings. The van der Waals surface area contributed by atoms with E-state index in [1.165, 1.54) is 0 Å². The van der Waals surface area contributed by atoms with Gasteiger partial charge in [-0.15, -0.1) is 0 Å². The fraction of sp³-hybridized carbons (Fsp3) is 0.667. The third kappa shape index (κ3) is 2.80. The van der Waals surface area contributed by atoms with Crippen LogP contribution >= 0.6 is 0 Å². The number of likely N-dealkylation sites (tertiary alicyclic amines) is 1. The van der Waals surface area contributed by atoms with Crippen molar-refractivity contribution < 1.29 is 14.7 Å². The number of fused-ring (bicyclic) bond motifs is 1. The van der Waals surface area contributed by atoms with E-state index >= 15 is 0 Å². The minimum absolute atomic E-state index is 0.0488. The monoisotopic (exact) mass is 291 g/mol. The van der Waals surface area contributed by atoms with Gasteiger partial charge in [0.25, 0.3) is 0 Å². The summed E-state index contributed by atoms with van der Waals surface area (Å²) in [6, 6.07) is 1.31. The molecule has 1 aliphatic carbocycles. The van der Waals surface area contributed by atoms with Gasteiger partial charge in [-0.05, 0) is 31.2 Å². The number of amides is 1. The van der Waals surface area contributed by atoms with Gasteiger partial charge in [0.15, 0.2) is 0 Å². The third-order valence-corrected chi connectivity index (χ3v) is 4.78. The van der Waals surface area contributed by atoms with Crippen molar-refractivity contribution in [3.05, 3.63) is 18.5 Å². The maximum absolute atomic E-state index is 12.5. The van der Waals surface area contributed by atoms with Crippen molar-refractivity contribution in [2.24, 2.45) is 5.92 Å². The summed E-state index contributed by atoms with van der Waals surface area (Å²) in [7, 11) is 0. The second-order valence-corrected chi connectivity index (χ2v) is 6.02. The van der Waals surface area contributed by atoms with E-state index in [1.54, 1.807) is 15.8 Å². The molecule has 3 atom stereocenters. The highest BCUT2D eigenvalue weighted by Crippen LogP contribution is 2.40. The maximum atomic E-state index is 12.5. The molecule has 2 fully saturated rings. The van der Waals surface area contributed by atoms with Crippen LogP contribution in [0.2, 0.25) is 0 Å². The van der Waals surface area contributed by atoms with E-state index in [0.717, 1.165) is 25.7 Å². The number of carboxylic acids is 1. The van der Waals surface area contributed by atoms with E-state index < -0.39 is 12.0 Å². The van der Waals surface area contributed by atoms with E-state index in [4.69, 9.17) is 0 Å². The Morgan fingerprint density at radius 1 is 1.29 bits per heavy atom. The van der Waals surface area contributed by atoms with Crippen LogP contribution in [-0.4, -0.2) is 43.7 Å². The molecule has 2 aliphatic rings. The summed E-state index contributed by atoms with van der Waals surface area (Å²) < 4.78 is 1.71. The quantitative estimate of drug-likeness (QED) is 0.912. The number of aliphatic carboxylic acids is 1. The van der Waals surface area contributed by atoms with Gasteiger partial charge in [-0.25, -0.2) is 4.79 Å². The zero-order valence-electron chi connectivity index (χ0n) is 12.0. The second-order valence-electron chi connectivity index (χ2n) is 6.02. The molecule has 6 nitrogen and oxygen atoms in total. The third-order valence-electron chi connectivity index (χ3n) is 4.78. The normalized spacial score (nSPS) is 28.4. The maximum Gasteiger partial charge on any atom is 0.326 e. The molecule has 114 valence electrons. The van der Waals surface area contributed by atoms with E-state index in [2.05, 4.69) is 5.10 Å². The Morgan fingerprint density at radius 3 is 2.81 bits per heavy atom. The van der Waals surface area contributed by atoms with Crippen LogP contribution in [-0.2, 0) is 16.1 Å². The molecule has 6 heteroatoms. The fourth-order valence-electron chi connectivity index (χ4n) is 3.81. The number of aromatic nitrogens is 2. The largest absolute Gasteiger partial charge is 0.480 e. The first-order valence-electron chi connectivity index (χ1n) is 7.68. The van der Waals surface area contributed by atoms with Crippen molar-refractivity contribution in [3.63, 3.8) is 0 Å². The summed E-state index contributed by atoms with van der Waals surface area (Å²) in [4.78, 5) is 25.7. The molecule has 3 rings (SSSR count). The van der Waals surface area contributed by atoms with Gasteiger partial charge in [-0.3, -0.25) is 9.48 Å². The number of hydrogen-bond acceptors (Lipinski definition) is 3. The molecule has 1 aromatic heterocycles. The lowest BCUT2D eigenvalue weighted by atomic mass is 9.84. The summed E-state index contributed by atoms with van der Waals surface area (Å²) >= 11 is 0. The number of nitrogens with zero attached hydrogens (tertiary/aromatic N) is 3. The van der Waals surface area contributed by atoms with E-state index in [9.17, 15) is 14.7 Å². The van der Waals surface area contributed by atoms with Gasteiger partial charge in [0.1, 0.15) is 6.04 Å². The molecule has 1 N–H and O–H groups in total. The molecular formula is C15H21N3O3. The summed E-state index contributed by atoms with van der Waals surface area (Å²) in [5, 5.41) is 13.5. The van der Waals surface area contributed by atoms with Crippen molar-refractivity contribution >= 4 is 11.9 Å². The predicted molar refractivity (Wildman–Crippen MR) is 75.5 cm³/mol. The zero-order valence-corrected chi connectivity index (χ0v) is 12.0. The van der Waals surface area contributed by atoms with E-state index in [0.29, 0.717) is 25.3 Å². The van der Waals surface area contributed by atoms with Gasteiger partial charge in [0, 0.05) is 31.4 Å². The lowest BCUT2D eigenvalue weighted by molar-refractivity contribution is -0.150. The zero-order chi connectivity index (χ0) is 14.8. The Hall–Kier alpha value is -1.85. The van der Waals surface area contributed by atoms with Gasteiger partial charge in [-0.2, -0.15) is 5.10 Å². The van der Waals surface area contributed by atoms with Crippen LogP contribution < -0.4 is 0 Å². The molecule has 0 bridgehead atoms. The summed E-state index contributed by atoms with van der Waals surface area (Å²) in [5.74, 6) is -0.544. The van der Waals surface area contributed by atoms with Crippen LogP contribution in [0.5, 0.6) is 0 Å². The lowest BCUT2D eigenvalue weighted by Crippen LogP contribution is -2.46. The molecule has 1 amide bonds. The van der Waals surface area contributed by atoms with Gasteiger partial charge in [0.2, 0.25) is 5.91 Å². The molecule has 0 radical (unpaired) electrons. The van der Waals surface area contributed by atoms with Crippen molar-refractivity contribution in [2.45, 2.75) is 57.2 Å². The molecule has 1 saturated carbocycles. The van der Waals surface area contributed by atoms with Crippen molar-refractivity contribution in [2.75, 3.05) is 0 Å². The van der Waals surface area contributed by atoms with E-state index in [-0.39, 0.29) is 11.9 Å². The average Bonchev–Trinajstić information content (AvgIpc) is 3.11. The van der Waals surface area contributed by atoms with E-state index in [1.807, 2.05) is 12.3 Å². The number of carbonyl (C=O) groups is 2. The summed E-state index contributed by atoms with van der Waals surface area (Å²) in [6.45, 7) is 0.506. The summed E-state index contributed by atoms with van der Waals surface area (Å²) in [5.41, 5.74) is 0. The Bertz CT molecular complexity index is 514. The minimum Gasteiger partial charge on any atom is -0.480 e. The van der Waals surface area contributed by atoms with Crippen molar-refractivity contribution in [1.82, 2.24) is 14.7 Å². The number of aryl methyl sites for hydroxylation is 1. The van der Waals surface area contributed by atoms with Crippen molar-refractivity contribution in [1.29, 1.82) is 0 Å². The lowest BCUT2D eigenvalue weighted by Gasteiger charge is -2.33. The van der Waals surface area contributed by atoms with Gasteiger partial charge in [0.05, 0.1) is 0 Å². The number of carboxylic acid groups (broad SMARTS) is 1. The molecule has 0 spiro atoms. The Balaban J connectivity index is 1.70. The van der Waals surface area contributed by atoms with Crippen LogP contribution in [0, 0.1) is 5.92 Å². The van der Waals surface area contributed by atoms with Crippen LogP contribution in [0.25, 0.3) is 0 Å². The first-order valence-corrected chi connectivity index (χ1v) is 7.68. The van der Waals surface area contributed by atoms with Crippen LogP contribution in [0.4, 0.5) is 0 Å². The topological polar surface area (TPSA) is 75.4 Å². The summed E-state index contributed by atoms with van der Waals surface area (Å²) in [6.07, 6.45) is 8.67. The Morgan fingerprint density at radius 2 is 2.10 bits per heavy atom. The fourth-order valence-corrected chi connectivity index (χ4v) is 3.81. The smallest absolute Gasteiger partial charge is 0.326 e. The molecule has 1 saturated heterocycles. The van der Waals surface area contributed by atoms with Crippen molar-refractivity contribution in [3.8, 4) is 0 Å². The Kier molecular flexibility index (Phi) is 3.94. The molecular weight excluding hydrogens is 270 g/mol. The number of hydrogen-bond donors (Lipinski definition) is 1. The first-order chi connectivity index (χ1) is 10.2. The second kappa shape index (κ2) is 5.87. The average molecular weight is 291 g/mol. The highest BCUT2D eigenvalue weighted by atomic mass is 16.4. The highest BCUT2D eigenvalue weighted by molar-refractivity contribution is 5.84. The molecule has 21 heavy (non-hydrogen) atoms. The number of carbonyl (C=O) groups excluding carboxylic acids is 1. The number of rotatable bonds is 4. The van der Waals surface area contributed by atoms with Crippen LogP contribution in [0.1, 0.15) is 38.5 Å². The van der Waals surface area contributed by atoms with Gasteiger partial charge < -0.3 is 10.0 Å². The predicted octanol–water partition coefficient (Wildman–Crippen LogP) is 1.52. The molecule has 2 heterocycles. The minimum atomic E-state index is -0.864. The van der Waals surface area contributed by atoms with Gasteiger partial charge >= 0.3 is 5.97 Å². The highest BCUT2D eigenvalue weighted by Gasteiger charge is 2.47. The molecule has 0 aromatic carbocycles. The molecule has 0 unspecified atom stereocenters. The Labute approximate surface area is 123 Å².